The van der Waals surface area contributed by atoms with Gasteiger partial charge in [-0.25, -0.2) is 8.61 Å². The highest BCUT2D eigenvalue weighted by molar-refractivity contribution is 8.74. The summed E-state index contributed by atoms with van der Waals surface area (Å²) in [6.07, 6.45) is 0. The van der Waals surface area contributed by atoms with Gasteiger partial charge in [0.2, 0.25) is 0 Å². The number of hydrogen-bond acceptors (Lipinski definition) is 6. The molecule has 0 saturated carbocycles. The molecule has 0 aromatic rings. The lowest BCUT2D eigenvalue weighted by molar-refractivity contribution is 0.516. The molecular formula is C8H16N2S4. The first-order valence-electron chi connectivity index (χ1n) is 4.95. The quantitative estimate of drug-likeness (QED) is 0.568. The lowest BCUT2D eigenvalue weighted by Crippen LogP contribution is -2.29. The van der Waals surface area contributed by atoms with Crippen LogP contribution in [0.2, 0.25) is 0 Å². The lowest BCUT2D eigenvalue weighted by atomic mass is 10.6. The Labute approximate surface area is 103 Å². The summed E-state index contributed by atoms with van der Waals surface area (Å²) in [6, 6.07) is 0. The van der Waals surface area contributed by atoms with Crippen LogP contribution in [0.3, 0.4) is 0 Å². The van der Waals surface area contributed by atoms with Gasteiger partial charge >= 0.3 is 0 Å². The zero-order valence-corrected chi connectivity index (χ0v) is 11.5. The zero-order chi connectivity index (χ0) is 9.64. The topological polar surface area (TPSA) is 6.48 Å². The number of nitrogens with zero attached hydrogens (tertiary/aromatic N) is 2. The van der Waals surface area contributed by atoms with Crippen LogP contribution in [-0.4, -0.2) is 57.8 Å². The molecule has 0 atom stereocenters. The molecule has 0 aromatic heterocycles. The lowest BCUT2D eigenvalue weighted by Gasteiger charge is -2.29. The van der Waals surface area contributed by atoms with E-state index in [0.717, 1.165) is 0 Å². The van der Waals surface area contributed by atoms with Gasteiger partial charge in [0, 0.05) is 71.2 Å². The SMILES string of the molecule is C1CN(SSN2CCSCC2)CCS1. The predicted molar refractivity (Wildman–Crippen MR) is 73.0 cm³/mol. The van der Waals surface area contributed by atoms with Crippen LogP contribution in [0.15, 0.2) is 0 Å². The molecule has 0 spiro atoms. The van der Waals surface area contributed by atoms with E-state index in [1.165, 1.54) is 49.2 Å². The summed E-state index contributed by atoms with van der Waals surface area (Å²) in [5.41, 5.74) is 0. The maximum absolute atomic E-state index is 2.50. The first kappa shape index (κ1) is 11.8. The van der Waals surface area contributed by atoms with Crippen molar-refractivity contribution >= 4 is 45.5 Å². The fourth-order valence-corrected chi connectivity index (χ4v) is 5.92. The van der Waals surface area contributed by atoms with Gasteiger partial charge in [-0.15, -0.1) is 0 Å². The molecule has 2 aliphatic heterocycles. The van der Waals surface area contributed by atoms with Gasteiger partial charge in [-0.3, -0.25) is 0 Å². The van der Waals surface area contributed by atoms with Gasteiger partial charge < -0.3 is 0 Å². The van der Waals surface area contributed by atoms with Gasteiger partial charge in [0.15, 0.2) is 0 Å². The molecule has 2 nitrogen and oxygen atoms in total. The Kier molecular flexibility index (Phi) is 5.73. The van der Waals surface area contributed by atoms with Crippen molar-refractivity contribution < 1.29 is 0 Å². The highest BCUT2D eigenvalue weighted by Gasteiger charge is 2.15. The molecule has 2 heterocycles. The van der Waals surface area contributed by atoms with Crippen LogP contribution in [0.25, 0.3) is 0 Å². The van der Waals surface area contributed by atoms with Crippen LogP contribution in [0.4, 0.5) is 0 Å². The van der Waals surface area contributed by atoms with Crippen molar-refractivity contribution in [2.45, 2.75) is 0 Å². The average molecular weight is 268 g/mol. The molecule has 0 aliphatic carbocycles. The van der Waals surface area contributed by atoms with Crippen molar-refractivity contribution in [1.29, 1.82) is 0 Å². The molecule has 0 radical (unpaired) electrons. The second-order valence-corrected chi connectivity index (χ2v) is 7.91. The van der Waals surface area contributed by atoms with Crippen LogP contribution in [-0.2, 0) is 0 Å². The van der Waals surface area contributed by atoms with Crippen molar-refractivity contribution in [3.05, 3.63) is 0 Å². The Morgan fingerprint density at radius 2 is 1.00 bits per heavy atom. The largest absolute Gasteiger partial charge is 0.239 e. The monoisotopic (exact) mass is 268 g/mol. The van der Waals surface area contributed by atoms with Crippen LogP contribution < -0.4 is 0 Å². The Bertz CT molecular complexity index is 139. The summed E-state index contributed by atoms with van der Waals surface area (Å²) in [4.78, 5) is 0. The molecule has 2 fully saturated rings. The summed E-state index contributed by atoms with van der Waals surface area (Å²) in [7, 11) is 3.91. The first-order chi connectivity index (χ1) is 6.95. The number of thioether (sulfide) groups is 2. The molecule has 0 amide bonds. The van der Waals surface area contributed by atoms with Crippen LogP contribution >= 0.6 is 45.5 Å². The van der Waals surface area contributed by atoms with Gasteiger partial charge in [-0.05, 0) is 0 Å². The summed E-state index contributed by atoms with van der Waals surface area (Å²) < 4.78 is 5.01. The van der Waals surface area contributed by atoms with Crippen molar-refractivity contribution in [3.8, 4) is 0 Å². The second-order valence-electron chi connectivity index (χ2n) is 3.23. The minimum Gasteiger partial charge on any atom is -0.239 e. The fraction of sp³-hybridized carbons (Fsp3) is 1.00. The van der Waals surface area contributed by atoms with E-state index in [0.29, 0.717) is 0 Å². The first-order valence-corrected chi connectivity index (χ1v) is 9.32. The maximum atomic E-state index is 2.50. The highest BCUT2D eigenvalue weighted by Crippen LogP contribution is 2.32. The van der Waals surface area contributed by atoms with E-state index in [2.05, 4.69) is 32.1 Å². The Morgan fingerprint density at radius 1 is 0.643 bits per heavy atom. The molecule has 14 heavy (non-hydrogen) atoms. The van der Waals surface area contributed by atoms with E-state index in [1.807, 2.05) is 22.0 Å². The molecule has 2 rings (SSSR count). The molecular weight excluding hydrogens is 252 g/mol. The molecule has 2 aliphatic rings. The third-order valence-corrected chi connectivity index (χ3v) is 6.75. The molecule has 0 aromatic carbocycles. The molecule has 0 unspecified atom stereocenters. The van der Waals surface area contributed by atoms with Gasteiger partial charge in [0.05, 0.1) is 0 Å². The van der Waals surface area contributed by atoms with E-state index in [4.69, 9.17) is 0 Å². The van der Waals surface area contributed by atoms with E-state index in [1.54, 1.807) is 0 Å². The minimum absolute atomic E-state index is 1.25. The van der Waals surface area contributed by atoms with Crippen molar-refractivity contribution in [3.63, 3.8) is 0 Å². The van der Waals surface area contributed by atoms with Gasteiger partial charge in [-0.2, -0.15) is 23.5 Å². The third-order valence-electron chi connectivity index (χ3n) is 2.18. The summed E-state index contributed by atoms with van der Waals surface area (Å²) >= 11 is 4.16. The highest BCUT2D eigenvalue weighted by atomic mass is 33.1. The van der Waals surface area contributed by atoms with Crippen LogP contribution in [0.5, 0.6) is 0 Å². The summed E-state index contributed by atoms with van der Waals surface area (Å²) in [5.74, 6) is 5.24. The van der Waals surface area contributed by atoms with E-state index in [-0.39, 0.29) is 0 Å². The molecule has 2 saturated heterocycles. The molecule has 0 N–H and O–H groups in total. The molecule has 0 bridgehead atoms. The molecule has 6 heteroatoms. The second kappa shape index (κ2) is 6.81. The van der Waals surface area contributed by atoms with E-state index >= 15 is 0 Å². The van der Waals surface area contributed by atoms with Crippen LogP contribution in [0.1, 0.15) is 0 Å². The van der Waals surface area contributed by atoms with E-state index < -0.39 is 0 Å². The third kappa shape index (κ3) is 4.06. The smallest absolute Gasteiger partial charge is 0.0189 e. The van der Waals surface area contributed by atoms with Gasteiger partial charge in [0.1, 0.15) is 0 Å². The summed E-state index contributed by atoms with van der Waals surface area (Å²) in [5, 5.41) is 0. The number of rotatable bonds is 3. The average Bonchev–Trinajstić information content (AvgIpc) is 2.29. The number of hydrogen-bond donors (Lipinski definition) is 0. The minimum atomic E-state index is 1.25. The fourth-order valence-electron chi connectivity index (χ4n) is 1.34. The normalized spacial score (nSPS) is 26.6. The standard InChI is InChI=1S/C8H16N2S4/c1-5-11-6-2-9(1)13-14-10-3-7-12-8-4-10/h1-8H2. The maximum Gasteiger partial charge on any atom is 0.0189 e. The van der Waals surface area contributed by atoms with Gasteiger partial charge in [0.25, 0.3) is 0 Å². The Morgan fingerprint density at radius 3 is 1.36 bits per heavy atom. The summed E-state index contributed by atoms with van der Waals surface area (Å²) in [6.45, 7) is 5.02. The molecule has 82 valence electrons. The zero-order valence-electron chi connectivity index (χ0n) is 8.18. The van der Waals surface area contributed by atoms with E-state index in [9.17, 15) is 0 Å². The van der Waals surface area contributed by atoms with Crippen molar-refractivity contribution in [1.82, 2.24) is 8.61 Å². The Balaban J connectivity index is 1.60. The Hall–Kier alpha value is 1.32. The predicted octanol–water partition coefficient (Wildman–Crippen LogP) is 2.30. The van der Waals surface area contributed by atoms with Gasteiger partial charge in [-0.1, -0.05) is 0 Å². The van der Waals surface area contributed by atoms with Crippen molar-refractivity contribution in [2.75, 3.05) is 49.2 Å². The van der Waals surface area contributed by atoms with Crippen molar-refractivity contribution in [2.24, 2.45) is 0 Å². The van der Waals surface area contributed by atoms with Crippen LogP contribution in [0, 0.1) is 0 Å².